The van der Waals surface area contributed by atoms with E-state index < -0.39 is 0 Å². The van der Waals surface area contributed by atoms with Crippen LogP contribution >= 0.6 is 11.6 Å². The average molecular weight is 447 g/mol. The van der Waals surface area contributed by atoms with E-state index in [1.54, 1.807) is 12.1 Å². The molecule has 4 fully saturated rings. The van der Waals surface area contributed by atoms with E-state index in [1.807, 2.05) is 6.92 Å². The third-order valence-corrected chi connectivity index (χ3v) is 8.16. The van der Waals surface area contributed by atoms with E-state index in [-0.39, 0.29) is 11.8 Å². The molecule has 0 atom stereocenters. The molecule has 0 unspecified atom stereocenters. The lowest BCUT2D eigenvalue weighted by atomic mass is 9.54. The van der Waals surface area contributed by atoms with Gasteiger partial charge in [0.25, 0.3) is 0 Å². The highest BCUT2D eigenvalue weighted by atomic mass is 35.5. The van der Waals surface area contributed by atoms with Gasteiger partial charge >= 0.3 is 5.97 Å². The highest BCUT2D eigenvalue weighted by molar-refractivity contribution is 6.30. The normalized spacial score (nSPS) is 32.4. The van der Waals surface area contributed by atoms with Crippen LogP contribution in [-0.4, -0.2) is 36.6 Å². The second-order valence-corrected chi connectivity index (χ2v) is 10.4. The number of ether oxygens (including phenoxy) is 1. The molecule has 1 aromatic rings. The molecule has 0 saturated heterocycles. The largest absolute Gasteiger partial charge is 0.463 e. The Kier molecular flexibility index (Phi) is 6.00. The van der Waals surface area contributed by atoms with Crippen LogP contribution in [0.2, 0.25) is 5.02 Å². The summed E-state index contributed by atoms with van der Waals surface area (Å²) in [6, 6.07) is 5.29. The van der Waals surface area contributed by atoms with Gasteiger partial charge in [-0.3, -0.25) is 4.90 Å². The highest BCUT2D eigenvalue weighted by Crippen LogP contribution is 2.54. The number of hydrogen-bond donors (Lipinski definition) is 1. The molecule has 6 rings (SSSR count). The Balaban J connectivity index is 1.33. The smallest absolute Gasteiger partial charge is 0.337 e. The monoisotopic (exact) mass is 446 g/mol. The Hall–Kier alpha value is -1.59. The van der Waals surface area contributed by atoms with Gasteiger partial charge in [-0.05, 0) is 74.8 Å². The molecule has 4 nitrogen and oxygen atoms in total. The number of nitrogens with one attached hydrogen (secondary N) is 1. The van der Waals surface area contributed by atoms with Crippen molar-refractivity contribution < 1.29 is 13.9 Å². The lowest BCUT2D eigenvalue weighted by molar-refractivity contribution is -0.139. The van der Waals surface area contributed by atoms with Crippen LogP contribution in [0.5, 0.6) is 0 Å². The van der Waals surface area contributed by atoms with Gasteiger partial charge in [0.1, 0.15) is 5.82 Å². The maximum atomic E-state index is 14.3. The molecule has 1 N–H and O–H groups in total. The molecule has 31 heavy (non-hydrogen) atoms. The Morgan fingerprint density at radius 2 is 1.90 bits per heavy atom. The number of hydrogen-bond acceptors (Lipinski definition) is 4. The average Bonchev–Trinajstić information content (AvgIpc) is 2.73. The topological polar surface area (TPSA) is 41.6 Å². The molecular weight excluding hydrogens is 415 g/mol. The number of nitrogens with zero attached hydrogens (tertiary/aromatic N) is 1. The summed E-state index contributed by atoms with van der Waals surface area (Å²) in [5.41, 5.74) is 2.38. The fourth-order valence-electron chi connectivity index (χ4n) is 6.77. The third-order valence-electron chi connectivity index (χ3n) is 7.92. The molecule has 6 heteroatoms. The molecule has 1 heterocycles. The van der Waals surface area contributed by atoms with E-state index in [9.17, 15) is 9.18 Å². The molecule has 5 aliphatic rings. The number of carbonyl (C=O) groups is 1. The van der Waals surface area contributed by atoms with Crippen LogP contribution in [0.25, 0.3) is 0 Å². The van der Waals surface area contributed by atoms with E-state index >= 15 is 0 Å². The summed E-state index contributed by atoms with van der Waals surface area (Å²) >= 11 is 5.89. The zero-order chi connectivity index (χ0) is 21.5. The van der Waals surface area contributed by atoms with E-state index in [0.717, 1.165) is 47.9 Å². The van der Waals surface area contributed by atoms with Gasteiger partial charge in [-0.15, -0.1) is 0 Å². The third kappa shape index (κ3) is 4.36. The van der Waals surface area contributed by atoms with Crippen LogP contribution in [0.1, 0.15) is 51.0 Å². The molecule has 0 spiro atoms. The van der Waals surface area contributed by atoms with E-state index in [2.05, 4.69) is 10.2 Å². The van der Waals surface area contributed by atoms with Crippen molar-refractivity contribution in [3.63, 3.8) is 0 Å². The summed E-state index contributed by atoms with van der Waals surface area (Å²) in [6.07, 6.45) is 7.57. The van der Waals surface area contributed by atoms with Gasteiger partial charge in [0.05, 0.1) is 12.2 Å². The van der Waals surface area contributed by atoms with Crippen LogP contribution < -0.4 is 5.32 Å². The van der Waals surface area contributed by atoms with Crippen molar-refractivity contribution in [2.45, 2.75) is 58.0 Å². The van der Waals surface area contributed by atoms with E-state index in [0.29, 0.717) is 36.3 Å². The Morgan fingerprint density at radius 1 is 1.19 bits per heavy atom. The zero-order valence-corrected chi connectivity index (χ0v) is 19.0. The first-order valence-corrected chi connectivity index (χ1v) is 12.2. The molecule has 4 bridgehead atoms. The quantitative estimate of drug-likeness (QED) is 0.630. The summed E-state index contributed by atoms with van der Waals surface area (Å²) in [5.74, 6) is 2.80. The number of benzene rings is 1. The number of rotatable bonds is 6. The molecule has 0 aromatic heterocycles. The van der Waals surface area contributed by atoms with Gasteiger partial charge in [-0.1, -0.05) is 17.7 Å². The molecule has 168 valence electrons. The minimum absolute atomic E-state index is 0.241. The van der Waals surface area contributed by atoms with Gasteiger partial charge in [0.15, 0.2) is 0 Å². The van der Waals surface area contributed by atoms with Gasteiger partial charge in [0.2, 0.25) is 0 Å². The lowest BCUT2D eigenvalue weighted by Gasteiger charge is -2.55. The van der Waals surface area contributed by atoms with Crippen molar-refractivity contribution in [3.05, 3.63) is 45.9 Å². The van der Waals surface area contributed by atoms with Gasteiger partial charge in [0, 0.05) is 48.4 Å². The first kappa shape index (κ1) is 21.3. The fraction of sp³-hybridized carbons (Fsp3) is 0.640. The summed E-state index contributed by atoms with van der Waals surface area (Å²) in [4.78, 5) is 15.0. The summed E-state index contributed by atoms with van der Waals surface area (Å²) in [6.45, 7) is 3.93. The van der Waals surface area contributed by atoms with Crippen molar-refractivity contribution in [2.75, 3.05) is 19.7 Å². The number of carbonyl (C=O) groups excluding carboxylic acids is 1. The van der Waals surface area contributed by atoms with Crippen LogP contribution in [0, 0.1) is 29.5 Å². The van der Waals surface area contributed by atoms with Gasteiger partial charge < -0.3 is 10.1 Å². The van der Waals surface area contributed by atoms with Crippen molar-refractivity contribution in [1.82, 2.24) is 10.2 Å². The lowest BCUT2D eigenvalue weighted by Crippen LogP contribution is -2.55. The molecule has 0 amide bonds. The molecular formula is C25H32ClFN2O2. The first-order valence-electron chi connectivity index (χ1n) is 11.8. The second kappa shape index (κ2) is 8.74. The minimum Gasteiger partial charge on any atom is -0.463 e. The predicted molar refractivity (Wildman–Crippen MR) is 119 cm³/mol. The van der Waals surface area contributed by atoms with Crippen molar-refractivity contribution in [1.29, 1.82) is 0 Å². The highest BCUT2D eigenvalue weighted by Gasteiger charge is 2.48. The summed E-state index contributed by atoms with van der Waals surface area (Å²) < 4.78 is 19.7. The maximum absolute atomic E-state index is 14.3. The fourth-order valence-corrected chi connectivity index (χ4v) is 6.93. The van der Waals surface area contributed by atoms with Crippen molar-refractivity contribution >= 4 is 17.6 Å². The molecule has 4 saturated carbocycles. The molecule has 1 aromatic carbocycles. The Labute approximate surface area is 189 Å². The van der Waals surface area contributed by atoms with E-state index in [4.69, 9.17) is 16.3 Å². The van der Waals surface area contributed by atoms with Gasteiger partial charge in [-0.2, -0.15) is 0 Å². The molecule has 4 aliphatic carbocycles. The van der Waals surface area contributed by atoms with Crippen molar-refractivity contribution in [2.24, 2.45) is 23.7 Å². The first-order chi connectivity index (χ1) is 15.0. The van der Waals surface area contributed by atoms with Crippen LogP contribution in [-0.2, 0) is 16.1 Å². The Morgan fingerprint density at radius 3 is 2.55 bits per heavy atom. The van der Waals surface area contributed by atoms with Crippen LogP contribution in [0.4, 0.5) is 4.39 Å². The van der Waals surface area contributed by atoms with Crippen LogP contribution in [0.3, 0.4) is 0 Å². The summed E-state index contributed by atoms with van der Waals surface area (Å²) in [5, 5.41) is 4.25. The molecule has 0 radical (unpaired) electrons. The standard InChI is InChI=1S/C25H32ClFN2O2/c1-2-31-25(30)21-14-29(13-17-3-4-20(26)12-22(17)27)6-5-23(21)28-24-18-8-15-7-16(10-18)11-19(24)9-15/h3-4,12,15-16,18-19,24,28H,2,5-11,13-14H2,1H3. The SMILES string of the molecule is CCOC(=O)C1=C(NC2C3CC4CC(C3)CC2C4)CCN(Cc2ccc(Cl)cc2F)C1. The zero-order valence-electron chi connectivity index (χ0n) is 18.2. The second-order valence-electron chi connectivity index (χ2n) is 9.97. The van der Waals surface area contributed by atoms with E-state index in [1.165, 1.54) is 38.2 Å². The maximum Gasteiger partial charge on any atom is 0.337 e. The Bertz CT molecular complexity index is 858. The molecule has 1 aliphatic heterocycles. The van der Waals surface area contributed by atoms with Gasteiger partial charge in [-0.25, -0.2) is 9.18 Å². The number of esters is 1. The van der Waals surface area contributed by atoms with Crippen LogP contribution in [0.15, 0.2) is 29.5 Å². The van der Waals surface area contributed by atoms with Crippen molar-refractivity contribution in [3.8, 4) is 0 Å². The predicted octanol–water partition coefficient (Wildman–Crippen LogP) is 4.92. The summed E-state index contributed by atoms with van der Waals surface area (Å²) in [7, 11) is 0. The minimum atomic E-state index is -0.299. The number of halogens is 2.